The highest BCUT2D eigenvalue weighted by atomic mass is 16.4. The molecule has 4 nitrogen and oxygen atoms in total. The highest BCUT2D eigenvalue weighted by molar-refractivity contribution is 5.66. The van der Waals surface area contributed by atoms with Crippen LogP contribution in [0.4, 0.5) is 0 Å². The van der Waals surface area contributed by atoms with E-state index in [1.54, 1.807) is 6.08 Å². The van der Waals surface area contributed by atoms with Crippen molar-refractivity contribution in [2.24, 2.45) is 0 Å². The normalized spacial score (nSPS) is 15.1. The van der Waals surface area contributed by atoms with Crippen molar-refractivity contribution in [3.8, 4) is 0 Å². The van der Waals surface area contributed by atoms with Gasteiger partial charge >= 0.3 is 5.97 Å². The summed E-state index contributed by atoms with van der Waals surface area (Å²) in [6, 6.07) is 0. The van der Waals surface area contributed by atoms with Gasteiger partial charge in [-0.1, -0.05) is 55.5 Å². The number of unbranched alkanes of at least 4 members (excludes halogenated alkanes) is 1. The molecule has 0 fully saturated rings. The molecule has 24 heavy (non-hydrogen) atoms. The number of hydrogen-bond donors (Lipinski definition) is 3. The molecule has 0 aromatic rings. The Bertz CT molecular complexity index is 421. The molecule has 0 bridgehead atoms. The Kier molecular flexibility index (Phi) is 15.1. The third-order valence-corrected chi connectivity index (χ3v) is 3.41. The van der Waals surface area contributed by atoms with Crippen molar-refractivity contribution in [1.82, 2.24) is 0 Å². The third kappa shape index (κ3) is 15.3. The van der Waals surface area contributed by atoms with Crippen LogP contribution < -0.4 is 0 Å². The number of aliphatic hydroxyl groups is 2. The number of aliphatic hydroxyl groups excluding tert-OH is 2. The van der Waals surface area contributed by atoms with Gasteiger partial charge in [0.1, 0.15) is 0 Å². The van der Waals surface area contributed by atoms with E-state index in [1.165, 1.54) is 0 Å². The molecule has 0 aliphatic rings. The second-order valence-corrected chi connectivity index (χ2v) is 5.66. The number of aliphatic carboxylic acids is 1. The Morgan fingerprint density at radius 3 is 1.88 bits per heavy atom. The number of hydrogen-bond acceptors (Lipinski definition) is 3. The molecule has 0 heterocycles. The maximum absolute atomic E-state index is 10.3. The van der Waals surface area contributed by atoms with Crippen LogP contribution in [-0.2, 0) is 4.79 Å². The largest absolute Gasteiger partial charge is 0.481 e. The van der Waals surface area contributed by atoms with E-state index >= 15 is 0 Å². The van der Waals surface area contributed by atoms with Crippen molar-refractivity contribution in [2.45, 2.75) is 70.5 Å². The van der Waals surface area contributed by atoms with Gasteiger partial charge in [0.2, 0.25) is 0 Å². The molecule has 0 aliphatic heterocycles. The topological polar surface area (TPSA) is 77.8 Å². The van der Waals surface area contributed by atoms with Crippen molar-refractivity contribution in [3.05, 3.63) is 48.6 Å². The number of carboxylic acid groups (broad SMARTS) is 1. The van der Waals surface area contributed by atoms with Gasteiger partial charge in [-0.2, -0.15) is 0 Å². The van der Waals surface area contributed by atoms with Crippen molar-refractivity contribution >= 4 is 5.97 Å². The summed E-state index contributed by atoms with van der Waals surface area (Å²) in [4.78, 5) is 10.3. The zero-order chi connectivity index (χ0) is 18.0. The summed E-state index contributed by atoms with van der Waals surface area (Å²) in [6.45, 7) is 2.11. The smallest absolute Gasteiger partial charge is 0.303 e. The minimum absolute atomic E-state index is 0.156. The summed E-state index contributed by atoms with van der Waals surface area (Å²) in [5, 5.41) is 28.2. The van der Waals surface area contributed by atoms with Gasteiger partial charge in [0.25, 0.3) is 0 Å². The van der Waals surface area contributed by atoms with E-state index < -0.39 is 18.2 Å². The predicted octanol–water partition coefficient (Wildman–Crippen LogP) is 4.16. The number of carboxylic acids is 1. The second kappa shape index (κ2) is 16.2. The van der Waals surface area contributed by atoms with E-state index in [-0.39, 0.29) is 6.42 Å². The van der Waals surface area contributed by atoms with Crippen LogP contribution in [0.1, 0.15) is 58.3 Å². The quantitative estimate of drug-likeness (QED) is 0.329. The molecule has 0 spiro atoms. The van der Waals surface area contributed by atoms with Crippen molar-refractivity contribution in [1.29, 1.82) is 0 Å². The average molecular weight is 336 g/mol. The first-order valence-corrected chi connectivity index (χ1v) is 8.75. The highest BCUT2D eigenvalue weighted by Gasteiger charge is 2.12. The summed E-state index contributed by atoms with van der Waals surface area (Å²) < 4.78 is 0. The maximum Gasteiger partial charge on any atom is 0.303 e. The molecule has 0 aliphatic carbocycles. The molecular formula is C20H32O4. The fourth-order valence-electron chi connectivity index (χ4n) is 1.98. The fourth-order valence-corrected chi connectivity index (χ4v) is 1.98. The van der Waals surface area contributed by atoms with Gasteiger partial charge in [-0.3, -0.25) is 4.79 Å². The summed E-state index contributed by atoms with van der Waals surface area (Å²) >= 11 is 0. The minimum Gasteiger partial charge on any atom is -0.481 e. The van der Waals surface area contributed by atoms with Crippen LogP contribution in [0.15, 0.2) is 48.6 Å². The second-order valence-electron chi connectivity index (χ2n) is 5.66. The predicted molar refractivity (Wildman–Crippen MR) is 98.8 cm³/mol. The van der Waals surface area contributed by atoms with Gasteiger partial charge in [0.15, 0.2) is 0 Å². The summed E-state index contributed by atoms with van der Waals surface area (Å²) in [5.41, 5.74) is 0. The Morgan fingerprint density at radius 1 is 0.833 bits per heavy atom. The molecule has 0 saturated carbocycles. The zero-order valence-electron chi connectivity index (χ0n) is 14.7. The minimum atomic E-state index is -0.794. The van der Waals surface area contributed by atoms with Crippen molar-refractivity contribution in [2.75, 3.05) is 0 Å². The van der Waals surface area contributed by atoms with Gasteiger partial charge in [-0.15, -0.1) is 0 Å². The first kappa shape index (κ1) is 22.4. The van der Waals surface area contributed by atoms with Gasteiger partial charge < -0.3 is 15.3 Å². The van der Waals surface area contributed by atoms with Crippen LogP contribution in [0, 0.1) is 0 Å². The van der Waals surface area contributed by atoms with E-state index in [0.29, 0.717) is 25.7 Å². The fraction of sp³-hybridized carbons (Fsp3) is 0.550. The van der Waals surface area contributed by atoms with Gasteiger partial charge in [0, 0.05) is 6.42 Å². The first-order valence-electron chi connectivity index (χ1n) is 8.75. The van der Waals surface area contributed by atoms with Gasteiger partial charge in [-0.25, -0.2) is 0 Å². The Labute approximate surface area is 145 Å². The molecule has 0 aromatic heterocycles. The lowest BCUT2D eigenvalue weighted by Crippen LogP contribution is -2.24. The SMILES string of the molecule is CC/C=C\C/C=C\C/C=C\CC(O)C(O)C/C=C\CCCC(=O)O. The number of allylic oxidation sites excluding steroid dienone is 6. The van der Waals surface area contributed by atoms with E-state index in [9.17, 15) is 15.0 Å². The van der Waals surface area contributed by atoms with Gasteiger partial charge in [0.05, 0.1) is 12.2 Å². The number of rotatable bonds is 14. The molecule has 2 atom stereocenters. The van der Waals surface area contributed by atoms with Crippen LogP contribution in [0.25, 0.3) is 0 Å². The molecule has 2 unspecified atom stereocenters. The van der Waals surface area contributed by atoms with E-state index in [4.69, 9.17) is 5.11 Å². The lowest BCUT2D eigenvalue weighted by atomic mass is 10.1. The molecule has 0 amide bonds. The van der Waals surface area contributed by atoms with Crippen LogP contribution in [0.3, 0.4) is 0 Å². The van der Waals surface area contributed by atoms with E-state index in [0.717, 1.165) is 19.3 Å². The van der Waals surface area contributed by atoms with Crippen molar-refractivity contribution < 1.29 is 20.1 Å². The van der Waals surface area contributed by atoms with Crippen LogP contribution in [-0.4, -0.2) is 33.5 Å². The van der Waals surface area contributed by atoms with E-state index in [1.807, 2.05) is 18.2 Å². The molecule has 0 radical (unpaired) electrons. The van der Waals surface area contributed by atoms with Crippen LogP contribution >= 0.6 is 0 Å². The monoisotopic (exact) mass is 336 g/mol. The van der Waals surface area contributed by atoms with E-state index in [2.05, 4.69) is 31.2 Å². The lowest BCUT2D eigenvalue weighted by Gasteiger charge is -2.14. The molecule has 0 saturated heterocycles. The molecule has 4 heteroatoms. The molecule has 0 aromatic carbocycles. The summed E-state index contributed by atoms with van der Waals surface area (Å²) in [7, 11) is 0. The molecular weight excluding hydrogens is 304 g/mol. The highest BCUT2D eigenvalue weighted by Crippen LogP contribution is 2.07. The van der Waals surface area contributed by atoms with Crippen LogP contribution in [0.5, 0.6) is 0 Å². The summed E-state index contributed by atoms with van der Waals surface area (Å²) in [6.07, 6.45) is 19.5. The first-order chi connectivity index (χ1) is 11.6. The maximum atomic E-state index is 10.3. The van der Waals surface area contributed by atoms with Crippen LogP contribution in [0.2, 0.25) is 0 Å². The third-order valence-electron chi connectivity index (χ3n) is 3.41. The van der Waals surface area contributed by atoms with Gasteiger partial charge in [-0.05, 0) is 44.9 Å². The molecule has 0 rings (SSSR count). The molecule has 3 N–H and O–H groups in total. The molecule has 136 valence electrons. The number of carbonyl (C=O) groups is 1. The standard InChI is InChI=1S/C20H32O4/c1-2-3-4-5-6-7-8-9-12-15-18(21)19(22)16-13-10-11-14-17-20(23)24/h3-4,6-7,9-10,12-13,18-19,21-22H,2,5,8,11,14-17H2,1H3,(H,23,24)/b4-3-,7-6-,12-9-,13-10-. The van der Waals surface area contributed by atoms with Crippen molar-refractivity contribution in [3.63, 3.8) is 0 Å². The average Bonchev–Trinajstić information content (AvgIpc) is 2.55. The Morgan fingerprint density at radius 2 is 1.33 bits per heavy atom. The lowest BCUT2D eigenvalue weighted by molar-refractivity contribution is -0.137. The zero-order valence-corrected chi connectivity index (χ0v) is 14.7. The Hall–Kier alpha value is -1.65. The Balaban J connectivity index is 3.75. The summed E-state index contributed by atoms with van der Waals surface area (Å²) in [5.74, 6) is -0.794.